The van der Waals surface area contributed by atoms with Gasteiger partial charge in [0.2, 0.25) is 0 Å². The molecule has 10 heteroatoms. The molecule has 3 aromatic heterocycles. The summed E-state index contributed by atoms with van der Waals surface area (Å²) in [5.41, 5.74) is 1.28. The third kappa shape index (κ3) is 3.96. The van der Waals surface area contributed by atoms with Crippen molar-refractivity contribution in [2.75, 3.05) is 16.8 Å². The van der Waals surface area contributed by atoms with Crippen LogP contribution in [-0.4, -0.2) is 31.3 Å². The first-order chi connectivity index (χ1) is 15.9. The van der Waals surface area contributed by atoms with E-state index in [0.717, 1.165) is 36.1 Å². The number of nitrogens with one attached hydrogen (secondary N) is 1. The number of halogens is 3. The molecule has 0 saturated heterocycles. The molecular weight excluding hydrogens is 431 g/mol. The summed E-state index contributed by atoms with van der Waals surface area (Å²) in [5.74, 6) is 0.881. The Morgan fingerprint density at radius 3 is 2.73 bits per heavy atom. The molecule has 0 unspecified atom stereocenters. The van der Waals surface area contributed by atoms with Crippen molar-refractivity contribution in [2.24, 2.45) is 0 Å². The van der Waals surface area contributed by atoms with Crippen LogP contribution in [0.25, 0.3) is 10.9 Å². The molecule has 0 amide bonds. The van der Waals surface area contributed by atoms with E-state index in [1.165, 1.54) is 12.1 Å². The van der Waals surface area contributed by atoms with Gasteiger partial charge in [-0.15, -0.1) is 0 Å². The van der Waals surface area contributed by atoms with Gasteiger partial charge in [0.15, 0.2) is 0 Å². The summed E-state index contributed by atoms with van der Waals surface area (Å²) in [6.45, 7) is 5.66. The van der Waals surface area contributed by atoms with Gasteiger partial charge in [-0.25, -0.2) is 28.1 Å². The summed E-state index contributed by atoms with van der Waals surface area (Å²) in [6.07, 6.45) is 0.599. The second kappa shape index (κ2) is 8.34. The van der Waals surface area contributed by atoms with E-state index in [-0.39, 0.29) is 5.56 Å². The Labute approximate surface area is 188 Å². The van der Waals surface area contributed by atoms with Crippen LogP contribution in [0, 0.1) is 12.7 Å². The third-order valence-corrected chi connectivity index (χ3v) is 5.86. The molecule has 0 aliphatic carbocycles. The number of rotatable bonds is 5. The number of benzene rings is 1. The van der Waals surface area contributed by atoms with Crippen LogP contribution in [0.2, 0.25) is 0 Å². The Morgan fingerprint density at radius 1 is 1.09 bits per heavy atom. The minimum Gasteiger partial charge on any atom is -0.363 e. The van der Waals surface area contributed by atoms with Gasteiger partial charge in [-0.2, -0.15) is 5.10 Å². The lowest BCUT2D eigenvalue weighted by atomic mass is 10.0. The van der Waals surface area contributed by atoms with Crippen molar-refractivity contribution in [3.8, 4) is 0 Å². The van der Waals surface area contributed by atoms with E-state index in [2.05, 4.69) is 30.3 Å². The number of fused-ring (bicyclic) bond motifs is 2. The minimum atomic E-state index is -2.88. The second-order valence-corrected chi connectivity index (χ2v) is 8.06. The molecular formula is C23H22F3N7. The fourth-order valence-electron chi connectivity index (χ4n) is 4.16. The van der Waals surface area contributed by atoms with Crippen LogP contribution in [-0.2, 0) is 13.1 Å². The van der Waals surface area contributed by atoms with E-state index in [4.69, 9.17) is 0 Å². The predicted octanol–water partition coefficient (Wildman–Crippen LogP) is 4.80. The zero-order valence-electron chi connectivity index (χ0n) is 18.1. The Bertz CT molecular complexity index is 1320. The van der Waals surface area contributed by atoms with Crippen molar-refractivity contribution in [2.45, 2.75) is 39.4 Å². The third-order valence-electron chi connectivity index (χ3n) is 5.86. The summed E-state index contributed by atoms with van der Waals surface area (Å²) >= 11 is 0. The summed E-state index contributed by atoms with van der Waals surface area (Å²) in [5, 5.41) is 8.22. The number of anilines is 2. The van der Waals surface area contributed by atoms with Crippen molar-refractivity contribution >= 4 is 22.5 Å². The Balaban J connectivity index is 1.49. The van der Waals surface area contributed by atoms with Crippen molar-refractivity contribution in [1.29, 1.82) is 0 Å². The summed E-state index contributed by atoms with van der Waals surface area (Å²) in [4.78, 5) is 15.7. The van der Waals surface area contributed by atoms with Gasteiger partial charge < -0.3 is 10.2 Å². The molecule has 5 rings (SSSR count). The van der Waals surface area contributed by atoms with E-state index in [1.807, 2.05) is 16.8 Å². The molecule has 170 valence electrons. The first kappa shape index (κ1) is 21.2. The highest BCUT2D eigenvalue weighted by molar-refractivity contribution is 5.90. The lowest BCUT2D eigenvalue weighted by Crippen LogP contribution is -2.34. The molecule has 1 aromatic carbocycles. The Morgan fingerprint density at radius 2 is 1.91 bits per heavy atom. The number of nitrogens with zero attached hydrogens (tertiary/aromatic N) is 6. The van der Waals surface area contributed by atoms with Crippen LogP contribution in [0.3, 0.4) is 0 Å². The quantitative estimate of drug-likeness (QED) is 0.468. The van der Waals surface area contributed by atoms with Crippen LogP contribution in [0.5, 0.6) is 0 Å². The number of pyridine rings is 1. The van der Waals surface area contributed by atoms with Crippen LogP contribution >= 0.6 is 0 Å². The molecule has 4 aromatic rings. The van der Waals surface area contributed by atoms with Gasteiger partial charge in [-0.1, -0.05) is 18.2 Å². The van der Waals surface area contributed by atoms with Gasteiger partial charge in [0.1, 0.15) is 23.3 Å². The van der Waals surface area contributed by atoms with Crippen molar-refractivity contribution in [1.82, 2.24) is 24.7 Å². The fraction of sp³-hybridized carbons (Fsp3) is 0.304. The molecule has 1 N–H and O–H groups in total. The van der Waals surface area contributed by atoms with Gasteiger partial charge in [0, 0.05) is 23.7 Å². The highest BCUT2D eigenvalue weighted by Gasteiger charge is 2.22. The monoisotopic (exact) mass is 453 g/mol. The molecule has 0 saturated carbocycles. The molecule has 33 heavy (non-hydrogen) atoms. The predicted molar refractivity (Wildman–Crippen MR) is 119 cm³/mol. The molecule has 1 atom stereocenters. The van der Waals surface area contributed by atoms with Crippen molar-refractivity contribution in [3.63, 3.8) is 0 Å². The van der Waals surface area contributed by atoms with Crippen LogP contribution < -0.4 is 10.2 Å². The van der Waals surface area contributed by atoms with Crippen molar-refractivity contribution in [3.05, 3.63) is 71.2 Å². The van der Waals surface area contributed by atoms with Crippen LogP contribution in [0.15, 0.2) is 42.7 Å². The minimum absolute atomic E-state index is 0.149. The molecule has 4 heterocycles. The lowest BCUT2D eigenvalue weighted by Gasteiger charge is -2.29. The van der Waals surface area contributed by atoms with Gasteiger partial charge in [-0.3, -0.25) is 4.68 Å². The van der Waals surface area contributed by atoms with E-state index >= 15 is 0 Å². The number of alkyl halides is 2. The van der Waals surface area contributed by atoms with E-state index in [9.17, 15) is 13.2 Å². The first-order valence-corrected chi connectivity index (χ1v) is 10.6. The zero-order valence-corrected chi connectivity index (χ0v) is 18.1. The number of aromatic nitrogens is 5. The number of aryl methyl sites for hydroxylation is 1. The molecule has 7 nitrogen and oxygen atoms in total. The smallest absolute Gasteiger partial charge is 0.266 e. The molecule has 1 aliphatic heterocycles. The normalized spacial score (nSPS) is 14.5. The molecule has 0 fully saturated rings. The van der Waals surface area contributed by atoms with E-state index in [0.29, 0.717) is 23.7 Å². The van der Waals surface area contributed by atoms with Gasteiger partial charge in [0.25, 0.3) is 6.43 Å². The fourth-order valence-corrected chi connectivity index (χ4v) is 4.16. The maximum atomic E-state index is 14.7. The van der Waals surface area contributed by atoms with Crippen molar-refractivity contribution < 1.29 is 13.2 Å². The average Bonchev–Trinajstić information content (AvgIpc) is 3.26. The second-order valence-electron chi connectivity index (χ2n) is 8.06. The van der Waals surface area contributed by atoms with Gasteiger partial charge in [-0.05, 0) is 26.0 Å². The Hall–Kier alpha value is -3.69. The Kier molecular flexibility index (Phi) is 5.35. The van der Waals surface area contributed by atoms with Crippen LogP contribution in [0.1, 0.15) is 42.0 Å². The number of hydrogen-bond donors (Lipinski definition) is 1. The lowest BCUT2D eigenvalue weighted by molar-refractivity contribution is 0.146. The standard InChI is InChI=1S/C23H22F3N7/c1-13(16-4-3-5-17(21(16)24)22(25)26)29-23-18-10-20(27-11-19(18)30-14(2)31-23)32-8-9-33-15(12-32)6-7-28-33/h3-7,10-11,13,22H,8-9,12H2,1-2H3,(H,29,30,31)/t13-/m1/s1. The van der Waals surface area contributed by atoms with E-state index < -0.39 is 23.8 Å². The SMILES string of the molecule is Cc1nc(N[C@H](C)c2cccc(C(F)F)c2F)c2cc(N3CCn4nccc4C3)ncc2n1. The topological polar surface area (TPSA) is 71.8 Å². The molecule has 0 spiro atoms. The molecule has 0 radical (unpaired) electrons. The molecule has 0 bridgehead atoms. The maximum absolute atomic E-state index is 14.7. The highest BCUT2D eigenvalue weighted by atomic mass is 19.3. The molecule has 1 aliphatic rings. The first-order valence-electron chi connectivity index (χ1n) is 10.6. The van der Waals surface area contributed by atoms with Gasteiger partial charge >= 0.3 is 0 Å². The largest absolute Gasteiger partial charge is 0.363 e. The summed E-state index contributed by atoms with van der Waals surface area (Å²) in [6, 6.07) is 7.33. The number of hydrogen-bond acceptors (Lipinski definition) is 6. The van der Waals surface area contributed by atoms with E-state index in [1.54, 1.807) is 26.2 Å². The summed E-state index contributed by atoms with van der Waals surface area (Å²) in [7, 11) is 0. The van der Waals surface area contributed by atoms with Gasteiger partial charge in [0.05, 0.1) is 42.1 Å². The average molecular weight is 453 g/mol. The van der Waals surface area contributed by atoms with Crippen LogP contribution in [0.4, 0.5) is 24.8 Å². The summed E-state index contributed by atoms with van der Waals surface area (Å²) < 4.78 is 43.0. The maximum Gasteiger partial charge on any atom is 0.266 e. The zero-order chi connectivity index (χ0) is 23.1. The highest BCUT2D eigenvalue weighted by Crippen LogP contribution is 2.31.